The van der Waals surface area contributed by atoms with E-state index >= 15 is 0 Å². The van der Waals surface area contributed by atoms with E-state index in [1.54, 1.807) is 0 Å². The molecule has 2 saturated heterocycles. The highest BCUT2D eigenvalue weighted by molar-refractivity contribution is 7.80. The molecule has 1 atom stereocenters. The van der Waals surface area contributed by atoms with Gasteiger partial charge in [-0.3, -0.25) is 4.90 Å². The summed E-state index contributed by atoms with van der Waals surface area (Å²) in [6.07, 6.45) is 2.67. The van der Waals surface area contributed by atoms with Crippen LogP contribution < -0.4 is 10.6 Å². The summed E-state index contributed by atoms with van der Waals surface area (Å²) >= 11 is 5.21. The first-order valence-corrected chi connectivity index (χ1v) is 7.46. The van der Waals surface area contributed by atoms with Gasteiger partial charge in [0.25, 0.3) is 0 Å². The molecule has 2 fully saturated rings. The summed E-state index contributed by atoms with van der Waals surface area (Å²) in [4.78, 5) is 5.61. The van der Waals surface area contributed by atoms with Crippen molar-refractivity contribution in [2.75, 3.05) is 31.1 Å². The van der Waals surface area contributed by atoms with E-state index < -0.39 is 0 Å². The van der Waals surface area contributed by atoms with E-state index in [0.29, 0.717) is 11.0 Å². The Hall–Kier alpha value is -1.13. The summed E-state index contributed by atoms with van der Waals surface area (Å²) in [7, 11) is 0. The Morgan fingerprint density at radius 2 is 2.16 bits per heavy atom. The summed E-state index contributed by atoms with van der Waals surface area (Å²) in [5, 5.41) is 0. The Morgan fingerprint density at radius 1 is 1.32 bits per heavy atom. The van der Waals surface area contributed by atoms with Crippen LogP contribution in [0.15, 0.2) is 18.2 Å². The van der Waals surface area contributed by atoms with Crippen molar-refractivity contribution in [2.45, 2.75) is 25.8 Å². The molecule has 0 aliphatic carbocycles. The van der Waals surface area contributed by atoms with Crippen molar-refractivity contribution in [3.05, 3.63) is 29.3 Å². The molecular weight excluding hydrogens is 254 g/mol. The second-order valence-corrected chi connectivity index (χ2v) is 6.05. The summed E-state index contributed by atoms with van der Waals surface area (Å²) in [6.45, 7) is 6.78. The molecule has 2 N–H and O–H groups in total. The van der Waals surface area contributed by atoms with Crippen LogP contribution in [-0.4, -0.2) is 42.1 Å². The molecule has 2 aliphatic rings. The van der Waals surface area contributed by atoms with Crippen LogP contribution >= 0.6 is 12.2 Å². The average Bonchev–Trinajstić information content (AvgIpc) is 2.85. The van der Waals surface area contributed by atoms with E-state index in [1.807, 2.05) is 12.1 Å². The van der Waals surface area contributed by atoms with Crippen molar-refractivity contribution in [3.8, 4) is 0 Å². The van der Waals surface area contributed by atoms with Crippen LogP contribution in [-0.2, 0) is 0 Å². The summed E-state index contributed by atoms with van der Waals surface area (Å²) in [5.41, 5.74) is 9.45. The largest absolute Gasteiger partial charge is 0.389 e. The van der Waals surface area contributed by atoms with Gasteiger partial charge in [-0.25, -0.2) is 0 Å². The zero-order chi connectivity index (χ0) is 13.4. The number of rotatable bonds is 2. The number of piperazine rings is 1. The van der Waals surface area contributed by atoms with Gasteiger partial charge < -0.3 is 10.6 Å². The van der Waals surface area contributed by atoms with Gasteiger partial charge >= 0.3 is 0 Å². The molecule has 0 bridgehead atoms. The van der Waals surface area contributed by atoms with Crippen molar-refractivity contribution in [1.82, 2.24) is 4.90 Å². The first-order valence-electron chi connectivity index (χ1n) is 7.05. The number of nitrogens with zero attached hydrogens (tertiary/aromatic N) is 2. The molecule has 0 spiro atoms. The van der Waals surface area contributed by atoms with Gasteiger partial charge in [-0.05, 0) is 37.9 Å². The molecule has 3 nitrogen and oxygen atoms in total. The Bertz CT molecular complexity index is 500. The lowest BCUT2D eigenvalue weighted by Gasteiger charge is -2.40. The van der Waals surface area contributed by atoms with Crippen LogP contribution in [0.25, 0.3) is 0 Å². The molecule has 0 saturated carbocycles. The fourth-order valence-electron chi connectivity index (χ4n) is 3.47. The van der Waals surface area contributed by atoms with Crippen molar-refractivity contribution in [2.24, 2.45) is 5.73 Å². The predicted molar refractivity (Wildman–Crippen MR) is 83.9 cm³/mol. The van der Waals surface area contributed by atoms with Crippen LogP contribution in [0, 0.1) is 6.92 Å². The van der Waals surface area contributed by atoms with E-state index in [1.165, 1.54) is 30.6 Å². The maximum atomic E-state index is 5.89. The standard InChI is InChI=1S/C15H21N3S/c1-11-4-2-6-13(15(16)19)14(11)18-9-8-17-7-3-5-12(17)10-18/h2,4,6,12H,3,5,7-10H2,1H3,(H2,16,19). The summed E-state index contributed by atoms with van der Waals surface area (Å²) in [6, 6.07) is 6.95. The van der Waals surface area contributed by atoms with Crippen LogP contribution in [0.4, 0.5) is 5.69 Å². The van der Waals surface area contributed by atoms with Gasteiger partial charge in [0.2, 0.25) is 0 Å². The monoisotopic (exact) mass is 275 g/mol. The number of hydrogen-bond donors (Lipinski definition) is 1. The normalized spacial score (nSPS) is 23.4. The minimum Gasteiger partial charge on any atom is -0.389 e. The number of thiocarbonyl (C=S) groups is 1. The SMILES string of the molecule is Cc1cccc(C(N)=S)c1N1CCN2CCCC2C1. The topological polar surface area (TPSA) is 32.5 Å². The summed E-state index contributed by atoms with van der Waals surface area (Å²) < 4.78 is 0. The molecule has 1 unspecified atom stereocenters. The average molecular weight is 275 g/mol. The zero-order valence-electron chi connectivity index (χ0n) is 11.4. The molecule has 2 aliphatic heterocycles. The van der Waals surface area contributed by atoms with E-state index in [-0.39, 0.29) is 0 Å². The number of fused-ring (bicyclic) bond motifs is 1. The third-order valence-corrected chi connectivity index (χ3v) is 4.63. The molecule has 19 heavy (non-hydrogen) atoms. The lowest BCUT2D eigenvalue weighted by Crippen LogP contribution is -2.50. The van der Waals surface area contributed by atoms with E-state index in [9.17, 15) is 0 Å². The fraction of sp³-hybridized carbons (Fsp3) is 0.533. The number of aryl methyl sites for hydroxylation is 1. The lowest BCUT2D eigenvalue weighted by molar-refractivity contribution is 0.231. The van der Waals surface area contributed by atoms with E-state index in [2.05, 4.69) is 22.8 Å². The second kappa shape index (κ2) is 5.10. The fourth-order valence-corrected chi connectivity index (χ4v) is 3.64. The van der Waals surface area contributed by atoms with E-state index in [0.717, 1.165) is 25.2 Å². The Kier molecular flexibility index (Phi) is 3.46. The molecular formula is C15H21N3S. The van der Waals surface area contributed by atoms with Gasteiger partial charge in [-0.1, -0.05) is 24.4 Å². The molecule has 3 rings (SSSR count). The van der Waals surface area contributed by atoms with Gasteiger partial charge in [0, 0.05) is 36.9 Å². The first kappa shape index (κ1) is 12.9. The lowest BCUT2D eigenvalue weighted by atomic mass is 10.0. The smallest absolute Gasteiger partial charge is 0.106 e. The van der Waals surface area contributed by atoms with Crippen molar-refractivity contribution >= 4 is 22.9 Å². The zero-order valence-corrected chi connectivity index (χ0v) is 12.2. The third-order valence-electron chi connectivity index (χ3n) is 4.41. The maximum absolute atomic E-state index is 5.89. The number of nitrogens with two attached hydrogens (primary N) is 1. The molecule has 102 valence electrons. The highest BCUT2D eigenvalue weighted by Crippen LogP contribution is 2.30. The number of para-hydroxylation sites is 1. The molecule has 0 radical (unpaired) electrons. The third kappa shape index (κ3) is 2.35. The van der Waals surface area contributed by atoms with Gasteiger partial charge in [-0.2, -0.15) is 0 Å². The molecule has 4 heteroatoms. The maximum Gasteiger partial charge on any atom is 0.106 e. The Balaban J connectivity index is 1.91. The number of anilines is 1. The molecule has 1 aromatic carbocycles. The highest BCUT2D eigenvalue weighted by Gasteiger charge is 2.31. The molecule has 1 aromatic rings. The van der Waals surface area contributed by atoms with Gasteiger partial charge in [0.15, 0.2) is 0 Å². The van der Waals surface area contributed by atoms with Crippen LogP contribution in [0.2, 0.25) is 0 Å². The minimum atomic E-state index is 0.507. The van der Waals surface area contributed by atoms with E-state index in [4.69, 9.17) is 18.0 Å². The van der Waals surface area contributed by atoms with Crippen molar-refractivity contribution < 1.29 is 0 Å². The van der Waals surface area contributed by atoms with Crippen molar-refractivity contribution in [3.63, 3.8) is 0 Å². The molecule has 2 heterocycles. The van der Waals surface area contributed by atoms with Crippen molar-refractivity contribution in [1.29, 1.82) is 0 Å². The predicted octanol–water partition coefficient (Wildman–Crippen LogP) is 1.91. The minimum absolute atomic E-state index is 0.507. The quantitative estimate of drug-likeness (QED) is 0.836. The molecule has 0 amide bonds. The number of benzene rings is 1. The number of hydrogen-bond acceptors (Lipinski definition) is 3. The van der Waals surface area contributed by atoms with Crippen LogP contribution in [0.3, 0.4) is 0 Å². The first-order chi connectivity index (χ1) is 9.16. The Morgan fingerprint density at radius 3 is 2.95 bits per heavy atom. The second-order valence-electron chi connectivity index (χ2n) is 5.61. The Labute approximate surface area is 120 Å². The van der Waals surface area contributed by atoms with Gasteiger partial charge in [0.1, 0.15) is 4.99 Å². The van der Waals surface area contributed by atoms with Gasteiger partial charge in [0.05, 0.1) is 0 Å². The molecule has 0 aromatic heterocycles. The van der Waals surface area contributed by atoms with Crippen LogP contribution in [0.5, 0.6) is 0 Å². The van der Waals surface area contributed by atoms with Crippen LogP contribution in [0.1, 0.15) is 24.0 Å². The van der Waals surface area contributed by atoms with Gasteiger partial charge in [-0.15, -0.1) is 0 Å². The summed E-state index contributed by atoms with van der Waals surface area (Å²) in [5.74, 6) is 0. The highest BCUT2D eigenvalue weighted by atomic mass is 32.1.